The van der Waals surface area contributed by atoms with Crippen molar-refractivity contribution in [2.24, 2.45) is 0 Å². The van der Waals surface area contributed by atoms with Gasteiger partial charge >= 0.3 is 0 Å². The number of para-hydroxylation sites is 1. The summed E-state index contributed by atoms with van der Waals surface area (Å²) in [4.78, 5) is 31.1. The van der Waals surface area contributed by atoms with E-state index in [-0.39, 0.29) is 30.6 Å². The maximum atomic E-state index is 13.3. The second-order valence-corrected chi connectivity index (χ2v) is 8.41. The van der Waals surface area contributed by atoms with Gasteiger partial charge in [0.1, 0.15) is 11.5 Å². The quantitative estimate of drug-likeness (QED) is 0.319. The van der Waals surface area contributed by atoms with Crippen molar-refractivity contribution in [2.75, 3.05) is 20.3 Å². The summed E-state index contributed by atoms with van der Waals surface area (Å²) >= 11 is 0. The number of likely N-dealkylation sites (tertiary alicyclic amines) is 1. The number of benzene rings is 2. The number of methoxy groups -OCH3 is 1. The number of hydrogen-bond donors (Lipinski definition) is 2. The summed E-state index contributed by atoms with van der Waals surface area (Å²) in [7, 11) is 1.50. The fourth-order valence-electron chi connectivity index (χ4n) is 4.29. The molecule has 1 saturated heterocycles. The highest BCUT2D eigenvalue weighted by atomic mass is 16.5. The summed E-state index contributed by atoms with van der Waals surface area (Å²) in [6, 6.07) is 12.2. The van der Waals surface area contributed by atoms with Crippen molar-refractivity contribution in [1.29, 1.82) is 0 Å². The minimum absolute atomic E-state index is 0.00934. The number of aromatic nitrogens is 1. The number of carbonyl (C=O) groups excluding carboxylic acids is 2. The van der Waals surface area contributed by atoms with Crippen LogP contribution >= 0.6 is 0 Å². The number of nitrogens with one attached hydrogen (secondary N) is 1. The maximum absolute atomic E-state index is 13.3. The molecule has 2 heterocycles. The summed E-state index contributed by atoms with van der Waals surface area (Å²) in [6.07, 6.45) is 1.78. The zero-order valence-corrected chi connectivity index (χ0v) is 19.2. The molecule has 7 heteroatoms. The van der Waals surface area contributed by atoms with Crippen molar-refractivity contribution in [2.45, 2.75) is 32.9 Å². The van der Waals surface area contributed by atoms with E-state index in [4.69, 9.17) is 9.47 Å². The van der Waals surface area contributed by atoms with Crippen LogP contribution in [0.3, 0.4) is 0 Å². The van der Waals surface area contributed by atoms with Gasteiger partial charge < -0.3 is 24.5 Å². The lowest BCUT2D eigenvalue weighted by Gasteiger charge is -2.25. The summed E-state index contributed by atoms with van der Waals surface area (Å²) in [5.74, 6) is -1.22. The van der Waals surface area contributed by atoms with E-state index in [9.17, 15) is 14.7 Å². The van der Waals surface area contributed by atoms with Crippen LogP contribution in [0.2, 0.25) is 0 Å². The number of amides is 1. The van der Waals surface area contributed by atoms with Crippen LogP contribution in [0.4, 0.5) is 0 Å². The molecule has 1 aliphatic heterocycles. The summed E-state index contributed by atoms with van der Waals surface area (Å²) in [5, 5.41) is 12.3. The van der Waals surface area contributed by atoms with Crippen LogP contribution in [0.5, 0.6) is 5.75 Å². The maximum Gasteiger partial charge on any atom is 0.295 e. The van der Waals surface area contributed by atoms with Crippen LogP contribution in [0.1, 0.15) is 36.6 Å². The molecule has 1 aliphatic rings. The van der Waals surface area contributed by atoms with Crippen LogP contribution in [-0.2, 0) is 14.3 Å². The van der Waals surface area contributed by atoms with Crippen LogP contribution in [0, 0.1) is 6.92 Å². The minimum atomic E-state index is -0.762. The van der Waals surface area contributed by atoms with Crippen molar-refractivity contribution in [1.82, 2.24) is 9.88 Å². The van der Waals surface area contributed by atoms with E-state index in [0.717, 1.165) is 22.0 Å². The molecule has 33 heavy (non-hydrogen) atoms. The first-order valence-electron chi connectivity index (χ1n) is 10.9. The van der Waals surface area contributed by atoms with E-state index in [1.54, 1.807) is 18.3 Å². The van der Waals surface area contributed by atoms with Gasteiger partial charge in [-0.1, -0.05) is 29.8 Å². The molecule has 1 aromatic heterocycles. The number of Topliss-reactive ketones (excluding diaryl/α,β-unsaturated/α-hetero) is 1. The number of aliphatic hydroxyl groups excluding tert-OH is 1. The van der Waals surface area contributed by atoms with Gasteiger partial charge in [0.2, 0.25) is 0 Å². The number of ketones is 1. The second kappa shape index (κ2) is 9.11. The molecule has 0 spiro atoms. The monoisotopic (exact) mass is 448 g/mol. The van der Waals surface area contributed by atoms with Gasteiger partial charge in [-0.15, -0.1) is 0 Å². The highest BCUT2D eigenvalue weighted by molar-refractivity contribution is 6.46. The van der Waals surface area contributed by atoms with Crippen LogP contribution in [0.25, 0.3) is 16.7 Å². The molecule has 2 aromatic carbocycles. The Labute approximate surface area is 192 Å². The van der Waals surface area contributed by atoms with Crippen molar-refractivity contribution in [3.8, 4) is 5.75 Å². The van der Waals surface area contributed by atoms with Crippen molar-refractivity contribution in [3.05, 3.63) is 70.9 Å². The predicted molar refractivity (Wildman–Crippen MR) is 126 cm³/mol. The molecule has 4 rings (SSSR count). The molecule has 1 atom stereocenters. The van der Waals surface area contributed by atoms with E-state index in [2.05, 4.69) is 4.98 Å². The number of nitrogens with zero attached hydrogens (tertiary/aromatic N) is 1. The average molecular weight is 449 g/mol. The molecular formula is C26H28N2O5. The molecule has 0 radical (unpaired) electrons. The summed E-state index contributed by atoms with van der Waals surface area (Å²) in [6.45, 7) is 6.20. The van der Waals surface area contributed by atoms with E-state index in [1.165, 1.54) is 12.0 Å². The smallest absolute Gasteiger partial charge is 0.295 e. The Bertz CT molecular complexity index is 1240. The molecule has 7 nitrogen and oxygen atoms in total. The van der Waals surface area contributed by atoms with Gasteiger partial charge in [0.05, 0.1) is 37.0 Å². The van der Waals surface area contributed by atoms with Gasteiger partial charge in [-0.3, -0.25) is 9.59 Å². The molecule has 172 valence electrons. The number of rotatable bonds is 7. The molecule has 3 aromatic rings. The third-order valence-corrected chi connectivity index (χ3v) is 5.85. The highest BCUT2D eigenvalue weighted by Gasteiger charge is 2.47. The standard InChI is InChI=1S/C26H28N2O5/c1-15(2)33-12-11-28-23(19-14-27-20-8-6-5-7-17(19)20)22(25(30)26(28)31)24(29)18-13-16(3)9-10-21(18)32-4/h5-10,13-15,23,27,29H,11-12H2,1-4H3/b24-22+. The fourth-order valence-corrected chi connectivity index (χ4v) is 4.29. The zero-order valence-electron chi connectivity index (χ0n) is 19.2. The van der Waals surface area contributed by atoms with Gasteiger partial charge in [-0.05, 0) is 39.0 Å². The lowest BCUT2D eigenvalue weighted by atomic mass is 9.94. The molecule has 0 bridgehead atoms. The molecular weight excluding hydrogens is 420 g/mol. The fraction of sp³-hybridized carbons (Fsp3) is 0.308. The lowest BCUT2D eigenvalue weighted by molar-refractivity contribution is -0.140. The Morgan fingerprint density at radius 2 is 1.94 bits per heavy atom. The SMILES string of the molecule is COc1ccc(C)cc1/C(O)=C1\C(=O)C(=O)N(CCOC(C)C)C1c1c[nH]c2ccccc12. The van der Waals surface area contributed by atoms with Gasteiger partial charge in [0.25, 0.3) is 11.7 Å². The van der Waals surface area contributed by atoms with Crippen LogP contribution in [0.15, 0.2) is 54.2 Å². The Morgan fingerprint density at radius 1 is 1.18 bits per heavy atom. The Hall–Kier alpha value is -3.58. The number of H-pyrrole nitrogens is 1. The first-order valence-corrected chi connectivity index (χ1v) is 10.9. The molecule has 1 fully saturated rings. The third-order valence-electron chi connectivity index (χ3n) is 5.85. The molecule has 1 amide bonds. The first kappa shape index (κ1) is 22.6. The first-order chi connectivity index (χ1) is 15.8. The van der Waals surface area contributed by atoms with Crippen LogP contribution < -0.4 is 4.74 Å². The highest BCUT2D eigenvalue weighted by Crippen LogP contribution is 2.43. The molecule has 2 N–H and O–H groups in total. The van der Waals surface area contributed by atoms with Crippen molar-refractivity contribution in [3.63, 3.8) is 0 Å². The average Bonchev–Trinajstić information content (AvgIpc) is 3.32. The van der Waals surface area contributed by atoms with Gasteiger partial charge in [-0.25, -0.2) is 0 Å². The number of aromatic amines is 1. The van der Waals surface area contributed by atoms with E-state index < -0.39 is 17.7 Å². The van der Waals surface area contributed by atoms with Gasteiger partial charge in [0, 0.05) is 29.2 Å². The Balaban J connectivity index is 1.91. The topological polar surface area (TPSA) is 91.9 Å². The number of hydrogen-bond acceptors (Lipinski definition) is 5. The van der Waals surface area contributed by atoms with Crippen LogP contribution in [-0.4, -0.2) is 53.0 Å². The zero-order chi connectivity index (χ0) is 23.7. The van der Waals surface area contributed by atoms with Gasteiger partial charge in [-0.2, -0.15) is 0 Å². The summed E-state index contributed by atoms with van der Waals surface area (Å²) in [5.41, 5.74) is 2.92. The lowest BCUT2D eigenvalue weighted by Crippen LogP contribution is -2.33. The predicted octanol–water partition coefficient (Wildman–Crippen LogP) is 4.33. The number of aliphatic hydroxyl groups is 1. The van der Waals surface area contributed by atoms with E-state index >= 15 is 0 Å². The number of carbonyl (C=O) groups is 2. The normalized spacial score (nSPS) is 18.0. The third kappa shape index (κ3) is 4.12. The number of fused-ring (bicyclic) bond motifs is 1. The Morgan fingerprint density at radius 3 is 2.67 bits per heavy atom. The molecule has 1 unspecified atom stereocenters. The van der Waals surface area contributed by atoms with E-state index in [1.807, 2.05) is 51.1 Å². The van der Waals surface area contributed by atoms with Crippen molar-refractivity contribution < 1.29 is 24.2 Å². The molecule has 0 saturated carbocycles. The second-order valence-electron chi connectivity index (χ2n) is 8.41. The molecule has 0 aliphatic carbocycles. The number of ether oxygens (including phenoxy) is 2. The largest absolute Gasteiger partial charge is 0.507 e. The van der Waals surface area contributed by atoms with E-state index in [0.29, 0.717) is 11.3 Å². The minimum Gasteiger partial charge on any atom is -0.507 e. The Kier molecular flexibility index (Phi) is 6.24. The van der Waals surface area contributed by atoms with Gasteiger partial charge in [0.15, 0.2) is 0 Å². The van der Waals surface area contributed by atoms with Crippen molar-refractivity contribution >= 4 is 28.4 Å². The summed E-state index contributed by atoms with van der Waals surface area (Å²) < 4.78 is 11.1. The number of aryl methyl sites for hydroxylation is 1.